The fourth-order valence-corrected chi connectivity index (χ4v) is 2.66. The predicted molar refractivity (Wildman–Crippen MR) is 88.4 cm³/mol. The molecule has 1 aliphatic rings. The second-order valence-electron chi connectivity index (χ2n) is 5.52. The van der Waals surface area contributed by atoms with E-state index < -0.39 is 0 Å². The Bertz CT molecular complexity index is 594. The van der Waals surface area contributed by atoms with E-state index in [0.717, 1.165) is 30.9 Å². The van der Waals surface area contributed by atoms with Gasteiger partial charge in [-0.1, -0.05) is 31.2 Å². The average Bonchev–Trinajstić information content (AvgIpc) is 2.55. The first-order valence-electron chi connectivity index (χ1n) is 7.56. The Hall–Kier alpha value is -2.16. The fourth-order valence-electron chi connectivity index (χ4n) is 2.66. The molecule has 0 fully saturated rings. The molecule has 1 N–H and O–H groups in total. The summed E-state index contributed by atoms with van der Waals surface area (Å²) in [6.45, 7) is 3.89. The van der Waals surface area contributed by atoms with Gasteiger partial charge in [-0.05, 0) is 36.2 Å². The molecular formula is C18H22N2O. The first-order valence-corrected chi connectivity index (χ1v) is 7.56. The molecule has 1 aliphatic heterocycles. The summed E-state index contributed by atoms with van der Waals surface area (Å²) in [6.07, 6.45) is 1.24. The van der Waals surface area contributed by atoms with Crippen LogP contribution >= 0.6 is 0 Å². The molecule has 2 aromatic rings. The molecule has 1 atom stereocenters. The molecule has 3 heteroatoms. The van der Waals surface area contributed by atoms with Crippen LogP contribution in [0.3, 0.4) is 0 Å². The van der Waals surface area contributed by atoms with E-state index in [1.165, 1.54) is 11.3 Å². The van der Waals surface area contributed by atoms with Crippen LogP contribution in [-0.2, 0) is 6.42 Å². The van der Waals surface area contributed by atoms with E-state index in [4.69, 9.17) is 4.74 Å². The summed E-state index contributed by atoms with van der Waals surface area (Å²) < 4.78 is 6.06. The third-order valence-corrected chi connectivity index (χ3v) is 3.96. The first kappa shape index (κ1) is 13.8. The highest BCUT2D eigenvalue weighted by atomic mass is 16.5. The number of ether oxygens (including phenoxy) is 1. The third kappa shape index (κ3) is 3.13. The average molecular weight is 282 g/mol. The molecule has 0 aromatic heterocycles. The second kappa shape index (κ2) is 6.08. The molecular weight excluding hydrogens is 260 g/mol. The van der Waals surface area contributed by atoms with Crippen LogP contribution in [0.15, 0.2) is 48.5 Å². The molecule has 0 aliphatic carbocycles. The molecule has 1 unspecified atom stereocenters. The van der Waals surface area contributed by atoms with E-state index in [2.05, 4.69) is 54.5 Å². The quantitative estimate of drug-likeness (QED) is 0.928. The Balaban J connectivity index is 1.64. The Morgan fingerprint density at radius 1 is 1.14 bits per heavy atom. The molecule has 3 rings (SSSR count). The summed E-state index contributed by atoms with van der Waals surface area (Å²) in [5.74, 6) is 0.948. The van der Waals surface area contributed by atoms with Crippen molar-refractivity contribution in [3.05, 3.63) is 54.1 Å². The van der Waals surface area contributed by atoms with Crippen molar-refractivity contribution in [2.24, 2.45) is 0 Å². The predicted octanol–water partition coefficient (Wildman–Crippen LogP) is 3.56. The van der Waals surface area contributed by atoms with Crippen LogP contribution in [-0.4, -0.2) is 26.2 Å². The summed E-state index contributed by atoms with van der Waals surface area (Å²) in [7, 11) is 2.12. The van der Waals surface area contributed by atoms with Gasteiger partial charge >= 0.3 is 0 Å². The van der Waals surface area contributed by atoms with Gasteiger partial charge in [0.15, 0.2) is 0 Å². The van der Waals surface area contributed by atoms with E-state index in [1.54, 1.807) is 0 Å². The minimum absolute atomic E-state index is 0.163. The van der Waals surface area contributed by atoms with E-state index in [-0.39, 0.29) is 6.10 Å². The Labute approximate surface area is 126 Å². The van der Waals surface area contributed by atoms with E-state index >= 15 is 0 Å². The van der Waals surface area contributed by atoms with Gasteiger partial charge < -0.3 is 15.0 Å². The van der Waals surface area contributed by atoms with Gasteiger partial charge in [0.05, 0.1) is 18.8 Å². The van der Waals surface area contributed by atoms with E-state index in [1.807, 2.05) is 18.2 Å². The van der Waals surface area contributed by atoms with Crippen LogP contribution in [0, 0.1) is 0 Å². The van der Waals surface area contributed by atoms with Gasteiger partial charge in [-0.2, -0.15) is 0 Å². The fraction of sp³-hybridized carbons (Fsp3) is 0.333. The lowest BCUT2D eigenvalue weighted by atomic mass is 10.1. The molecule has 1 heterocycles. The molecule has 0 saturated carbocycles. The van der Waals surface area contributed by atoms with Crippen LogP contribution in [0.25, 0.3) is 0 Å². The number of rotatable bonds is 4. The van der Waals surface area contributed by atoms with Gasteiger partial charge in [-0.15, -0.1) is 0 Å². The number of para-hydroxylation sites is 2. The van der Waals surface area contributed by atoms with Gasteiger partial charge in [0.25, 0.3) is 0 Å². The summed E-state index contributed by atoms with van der Waals surface area (Å²) >= 11 is 0. The Morgan fingerprint density at radius 2 is 1.90 bits per heavy atom. The summed E-state index contributed by atoms with van der Waals surface area (Å²) in [5.41, 5.74) is 3.69. The number of anilines is 2. The number of nitrogens with zero attached hydrogens (tertiary/aromatic N) is 1. The monoisotopic (exact) mass is 282 g/mol. The van der Waals surface area contributed by atoms with Gasteiger partial charge in [0.2, 0.25) is 0 Å². The molecule has 3 nitrogen and oxygen atoms in total. The molecule has 0 bridgehead atoms. The number of likely N-dealkylation sites (N-methyl/N-ethyl adjacent to an activating group) is 1. The van der Waals surface area contributed by atoms with Crippen molar-refractivity contribution >= 4 is 11.4 Å². The number of aryl methyl sites for hydroxylation is 1. The van der Waals surface area contributed by atoms with Crippen molar-refractivity contribution in [3.8, 4) is 5.75 Å². The van der Waals surface area contributed by atoms with Gasteiger partial charge in [0, 0.05) is 12.7 Å². The van der Waals surface area contributed by atoms with Crippen LogP contribution in [0.1, 0.15) is 12.5 Å². The highest BCUT2D eigenvalue weighted by molar-refractivity contribution is 5.58. The highest BCUT2D eigenvalue weighted by Gasteiger charge is 2.20. The number of nitrogens with one attached hydrogen (secondary N) is 1. The molecule has 21 heavy (non-hydrogen) atoms. The van der Waals surface area contributed by atoms with Crippen LogP contribution in [0.2, 0.25) is 0 Å². The Morgan fingerprint density at radius 3 is 2.67 bits per heavy atom. The van der Waals surface area contributed by atoms with Crippen LogP contribution in [0.4, 0.5) is 11.4 Å². The summed E-state index contributed by atoms with van der Waals surface area (Å²) in [6, 6.07) is 16.9. The SMILES string of the molecule is CCc1ccc(N(C)CC2CNc3ccccc3O2)cc1. The zero-order valence-corrected chi connectivity index (χ0v) is 12.7. The number of hydrogen-bond acceptors (Lipinski definition) is 3. The molecule has 2 aromatic carbocycles. The zero-order valence-electron chi connectivity index (χ0n) is 12.7. The first-order chi connectivity index (χ1) is 10.3. The minimum atomic E-state index is 0.163. The molecule has 110 valence electrons. The van der Waals surface area contributed by atoms with Gasteiger partial charge in [-0.25, -0.2) is 0 Å². The lowest BCUT2D eigenvalue weighted by Gasteiger charge is -2.31. The van der Waals surface area contributed by atoms with E-state index in [0.29, 0.717) is 0 Å². The molecule has 0 saturated heterocycles. The standard InChI is InChI=1S/C18H22N2O/c1-3-14-8-10-15(11-9-14)20(2)13-16-12-19-17-6-4-5-7-18(17)21-16/h4-11,16,19H,3,12-13H2,1-2H3. The van der Waals surface area contributed by atoms with Gasteiger partial charge in [0.1, 0.15) is 11.9 Å². The second-order valence-corrected chi connectivity index (χ2v) is 5.52. The van der Waals surface area contributed by atoms with Crippen molar-refractivity contribution in [2.45, 2.75) is 19.4 Å². The van der Waals surface area contributed by atoms with Crippen LogP contribution in [0.5, 0.6) is 5.75 Å². The van der Waals surface area contributed by atoms with Crippen LogP contribution < -0.4 is 15.0 Å². The van der Waals surface area contributed by atoms with Crippen molar-refractivity contribution in [1.82, 2.24) is 0 Å². The normalized spacial score (nSPS) is 16.6. The largest absolute Gasteiger partial charge is 0.485 e. The van der Waals surface area contributed by atoms with Crippen molar-refractivity contribution in [1.29, 1.82) is 0 Å². The van der Waals surface area contributed by atoms with Crippen molar-refractivity contribution in [2.75, 3.05) is 30.4 Å². The maximum absolute atomic E-state index is 6.06. The number of hydrogen-bond donors (Lipinski definition) is 1. The molecule has 0 radical (unpaired) electrons. The summed E-state index contributed by atoms with van der Waals surface area (Å²) in [5, 5.41) is 3.44. The molecule has 0 amide bonds. The minimum Gasteiger partial charge on any atom is -0.485 e. The highest BCUT2D eigenvalue weighted by Crippen LogP contribution is 2.28. The lowest BCUT2D eigenvalue weighted by molar-refractivity contribution is 0.212. The third-order valence-electron chi connectivity index (χ3n) is 3.96. The smallest absolute Gasteiger partial charge is 0.143 e. The zero-order chi connectivity index (χ0) is 14.7. The Kier molecular flexibility index (Phi) is 4.00. The van der Waals surface area contributed by atoms with E-state index in [9.17, 15) is 0 Å². The number of fused-ring (bicyclic) bond motifs is 1. The topological polar surface area (TPSA) is 24.5 Å². The number of benzene rings is 2. The van der Waals surface area contributed by atoms with Gasteiger partial charge in [-0.3, -0.25) is 0 Å². The maximum Gasteiger partial charge on any atom is 0.143 e. The lowest BCUT2D eigenvalue weighted by Crippen LogP contribution is -2.40. The van der Waals surface area contributed by atoms with Crippen molar-refractivity contribution in [3.63, 3.8) is 0 Å². The molecule has 0 spiro atoms. The summed E-state index contributed by atoms with van der Waals surface area (Å²) in [4.78, 5) is 2.25. The van der Waals surface area contributed by atoms with Crippen molar-refractivity contribution < 1.29 is 4.74 Å². The maximum atomic E-state index is 6.06.